The van der Waals surface area contributed by atoms with E-state index in [1.165, 1.54) is 0 Å². The summed E-state index contributed by atoms with van der Waals surface area (Å²) in [6, 6.07) is 0. The van der Waals surface area contributed by atoms with Crippen molar-refractivity contribution in [3.05, 3.63) is 0 Å². The molecule has 108 valence electrons. The summed E-state index contributed by atoms with van der Waals surface area (Å²) in [6.45, 7) is 1.65. The van der Waals surface area contributed by atoms with Crippen LogP contribution in [0.25, 0.3) is 0 Å². The Morgan fingerprint density at radius 3 is 2.17 bits per heavy atom. The zero-order valence-electron chi connectivity index (χ0n) is 9.70. The number of hydrogen-bond acceptors (Lipinski definition) is 2. The van der Waals surface area contributed by atoms with E-state index in [0.29, 0.717) is 12.2 Å². The first-order valence-corrected chi connectivity index (χ1v) is 6.35. The highest BCUT2D eigenvalue weighted by Gasteiger charge is 2.62. The number of alkyl halides is 6. The smallest absolute Gasteiger partial charge is 0.287 e. The van der Waals surface area contributed by atoms with Crippen molar-refractivity contribution in [1.29, 1.82) is 0 Å². The average Bonchev–Trinajstić information content (AvgIpc) is 2.26. The highest BCUT2D eigenvalue weighted by Crippen LogP contribution is 2.40. The van der Waals surface area contributed by atoms with Crippen molar-refractivity contribution in [3.63, 3.8) is 0 Å². The summed E-state index contributed by atoms with van der Waals surface area (Å²) in [4.78, 5) is 10.8. The largest absolute Gasteiger partial charge is 0.456 e. The van der Waals surface area contributed by atoms with Crippen molar-refractivity contribution in [2.45, 2.75) is 50.9 Å². The number of carbonyl (C=O) groups excluding carboxylic acids is 1. The molecule has 1 unspecified atom stereocenters. The molecule has 0 saturated heterocycles. The van der Waals surface area contributed by atoms with Crippen molar-refractivity contribution >= 4 is 16.9 Å². The van der Waals surface area contributed by atoms with Crippen LogP contribution >= 0.6 is 11.8 Å². The third-order valence-electron chi connectivity index (χ3n) is 2.17. The minimum absolute atomic E-state index is 0.0904. The average molecular weight is 296 g/mol. The van der Waals surface area contributed by atoms with Crippen molar-refractivity contribution in [3.8, 4) is 0 Å². The molecule has 0 rings (SSSR count). The van der Waals surface area contributed by atoms with Crippen molar-refractivity contribution in [2.75, 3.05) is 5.75 Å². The fraction of sp³-hybridized carbons (Fsp3) is 0.900. The van der Waals surface area contributed by atoms with Gasteiger partial charge >= 0.3 is 12.1 Å². The zero-order valence-corrected chi connectivity index (χ0v) is 10.5. The van der Waals surface area contributed by atoms with Gasteiger partial charge in [0.05, 0.1) is 0 Å². The molecule has 0 heterocycles. The van der Waals surface area contributed by atoms with Gasteiger partial charge in [-0.1, -0.05) is 18.7 Å². The first kappa shape index (κ1) is 17.6. The summed E-state index contributed by atoms with van der Waals surface area (Å²) in [5.74, 6) is -5.00. The molecule has 1 nitrogen and oxygen atoms in total. The molecule has 0 aliphatic carbocycles. The summed E-state index contributed by atoms with van der Waals surface area (Å²) < 4.78 is 73.0. The molecule has 0 amide bonds. The molecule has 0 aromatic rings. The van der Waals surface area contributed by atoms with Crippen LogP contribution in [0.4, 0.5) is 26.3 Å². The van der Waals surface area contributed by atoms with Gasteiger partial charge in [-0.3, -0.25) is 4.79 Å². The summed E-state index contributed by atoms with van der Waals surface area (Å²) in [7, 11) is 0. The molecule has 1 atom stereocenters. The van der Waals surface area contributed by atoms with Gasteiger partial charge in [-0.15, -0.1) is 0 Å². The first-order chi connectivity index (χ1) is 8.13. The van der Waals surface area contributed by atoms with E-state index in [2.05, 4.69) is 0 Å². The van der Waals surface area contributed by atoms with Gasteiger partial charge in [-0.05, 0) is 19.3 Å². The van der Waals surface area contributed by atoms with E-state index < -0.39 is 24.7 Å². The van der Waals surface area contributed by atoms with E-state index in [1.807, 2.05) is 0 Å². The van der Waals surface area contributed by atoms with E-state index in [1.54, 1.807) is 6.92 Å². The lowest BCUT2D eigenvalue weighted by Gasteiger charge is -2.22. The summed E-state index contributed by atoms with van der Waals surface area (Å²) in [6.07, 6.45) is -9.53. The Morgan fingerprint density at radius 1 is 1.17 bits per heavy atom. The van der Waals surface area contributed by atoms with Crippen LogP contribution in [0.3, 0.4) is 0 Å². The lowest BCUT2D eigenvalue weighted by atomic mass is 10.1. The Hall–Kier alpha value is -0.400. The van der Waals surface area contributed by atoms with Gasteiger partial charge in [0.25, 0.3) is 0 Å². The summed E-state index contributed by atoms with van der Waals surface area (Å²) >= 11 is 0.970. The fourth-order valence-corrected chi connectivity index (χ4v) is 1.85. The molecule has 0 radical (unpaired) electrons. The molecule has 0 aromatic heterocycles. The number of hydrogen-bond donors (Lipinski definition) is 0. The second-order valence-corrected chi connectivity index (χ2v) is 4.81. The lowest BCUT2D eigenvalue weighted by Crippen LogP contribution is -2.44. The van der Waals surface area contributed by atoms with Crippen molar-refractivity contribution < 1.29 is 31.1 Å². The number of rotatable bonds is 7. The second-order valence-electron chi connectivity index (χ2n) is 3.66. The molecular formula is C10H14F6OS. The Bertz CT molecular complexity index is 266. The third kappa shape index (κ3) is 5.49. The molecular weight excluding hydrogens is 282 g/mol. The van der Waals surface area contributed by atoms with E-state index >= 15 is 0 Å². The quantitative estimate of drug-likeness (QED) is 0.513. The van der Waals surface area contributed by atoms with Gasteiger partial charge in [0, 0.05) is 12.2 Å². The molecule has 0 spiro atoms. The van der Waals surface area contributed by atoms with Gasteiger partial charge < -0.3 is 0 Å². The van der Waals surface area contributed by atoms with Crippen molar-refractivity contribution in [2.24, 2.45) is 0 Å². The first-order valence-electron chi connectivity index (χ1n) is 5.37. The highest BCUT2D eigenvalue weighted by molar-refractivity contribution is 8.13. The predicted molar refractivity (Wildman–Crippen MR) is 57.5 cm³/mol. The number of unbranched alkanes of at least 4 members (excludes halogenated alkanes) is 1. The standard InChI is InChI=1S/C10H14F6OS/c1-2-8(17)18-6-4-3-5-7(11)9(12,13)10(14,15)16/h7H,2-6H2,1H3. The molecule has 0 fully saturated rings. The molecule has 0 saturated carbocycles. The maximum absolute atomic E-state index is 12.8. The Balaban J connectivity index is 3.91. The third-order valence-corrected chi connectivity index (χ3v) is 3.28. The van der Waals surface area contributed by atoms with Crippen molar-refractivity contribution in [1.82, 2.24) is 0 Å². The lowest BCUT2D eigenvalue weighted by molar-refractivity contribution is -0.303. The SMILES string of the molecule is CCC(=O)SCCCCC(F)C(F)(F)C(F)(F)F. The minimum atomic E-state index is -5.86. The van der Waals surface area contributed by atoms with E-state index in [-0.39, 0.29) is 18.0 Å². The Morgan fingerprint density at radius 2 is 1.72 bits per heavy atom. The summed E-state index contributed by atoms with van der Waals surface area (Å²) in [5.41, 5.74) is 0. The number of halogens is 6. The van der Waals surface area contributed by atoms with Crippen LogP contribution < -0.4 is 0 Å². The Labute approximate surface area is 105 Å². The molecule has 8 heteroatoms. The molecule has 0 bridgehead atoms. The summed E-state index contributed by atoms with van der Waals surface area (Å²) in [5, 5.41) is -0.0904. The monoisotopic (exact) mass is 296 g/mol. The van der Waals surface area contributed by atoms with Crippen LogP contribution in [0.5, 0.6) is 0 Å². The molecule has 0 N–H and O–H groups in total. The maximum Gasteiger partial charge on any atom is 0.456 e. The van der Waals surface area contributed by atoms with Crippen LogP contribution in [-0.2, 0) is 4.79 Å². The van der Waals surface area contributed by atoms with Crippen LogP contribution in [0.15, 0.2) is 0 Å². The molecule has 0 aliphatic heterocycles. The van der Waals surface area contributed by atoms with Crippen LogP contribution in [-0.4, -0.2) is 29.1 Å². The van der Waals surface area contributed by atoms with Gasteiger partial charge in [-0.25, -0.2) is 4.39 Å². The van der Waals surface area contributed by atoms with Gasteiger partial charge in [-0.2, -0.15) is 22.0 Å². The van der Waals surface area contributed by atoms with Crippen LogP contribution in [0.2, 0.25) is 0 Å². The minimum Gasteiger partial charge on any atom is -0.287 e. The number of carbonyl (C=O) groups is 1. The van der Waals surface area contributed by atoms with Gasteiger partial charge in [0.2, 0.25) is 0 Å². The predicted octanol–water partition coefficient (Wildman–Crippen LogP) is 4.36. The Kier molecular flexibility index (Phi) is 7.09. The fourth-order valence-electron chi connectivity index (χ4n) is 1.07. The van der Waals surface area contributed by atoms with Gasteiger partial charge in [0.1, 0.15) is 0 Å². The number of thioether (sulfide) groups is 1. The van der Waals surface area contributed by atoms with E-state index in [9.17, 15) is 31.1 Å². The van der Waals surface area contributed by atoms with Crippen LogP contribution in [0, 0.1) is 0 Å². The van der Waals surface area contributed by atoms with Gasteiger partial charge in [0.15, 0.2) is 11.3 Å². The maximum atomic E-state index is 12.8. The molecule has 0 aliphatic rings. The topological polar surface area (TPSA) is 17.1 Å². The molecule has 0 aromatic carbocycles. The van der Waals surface area contributed by atoms with E-state index in [0.717, 1.165) is 11.8 Å². The second kappa shape index (κ2) is 7.25. The normalized spacial score (nSPS) is 14.6. The van der Waals surface area contributed by atoms with Crippen LogP contribution in [0.1, 0.15) is 32.6 Å². The highest BCUT2D eigenvalue weighted by atomic mass is 32.2. The zero-order chi connectivity index (χ0) is 14.4. The van der Waals surface area contributed by atoms with E-state index in [4.69, 9.17) is 0 Å². The molecule has 18 heavy (non-hydrogen) atoms.